The van der Waals surface area contributed by atoms with Gasteiger partial charge in [0.25, 0.3) is 0 Å². The Bertz CT molecular complexity index is 825. The number of carbonyl (C=O) groups excluding carboxylic acids is 1. The van der Waals surface area contributed by atoms with Crippen LogP contribution in [0.4, 0.5) is 5.69 Å². The third-order valence-electron chi connectivity index (χ3n) is 4.59. The van der Waals surface area contributed by atoms with Crippen LogP contribution in [0.5, 0.6) is 11.5 Å². The molecule has 1 aromatic carbocycles. The van der Waals surface area contributed by atoms with E-state index in [1.54, 1.807) is 30.6 Å². The number of thiophene rings is 1. The predicted octanol–water partition coefficient (Wildman–Crippen LogP) is 3.94. The normalized spacial score (nSPS) is 15.4. The number of hydrogen-bond acceptors (Lipinski definition) is 6. The van der Waals surface area contributed by atoms with Crippen molar-refractivity contribution in [3.8, 4) is 11.5 Å². The first kappa shape index (κ1) is 21.4. The summed E-state index contributed by atoms with van der Waals surface area (Å²) >= 11 is 11.4. The average molecular weight is 489 g/mol. The number of carbonyl (C=O) groups is 1. The maximum atomic E-state index is 12.5. The van der Waals surface area contributed by atoms with Gasteiger partial charge in [0.15, 0.2) is 0 Å². The van der Waals surface area contributed by atoms with Gasteiger partial charge in [-0.3, -0.25) is 14.6 Å². The maximum Gasteiger partial charge on any atom is 0.238 e. The van der Waals surface area contributed by atoms with Crippen LogP contribution >= 0.6 is 38.9 Å². The van der Waals surface area contributed by atoms with Crippen molar-refractivity contribution in [3.05, 3.63) is 38.0 Å². The minimum Gasteiger partial charge on any atom is -0.495 e. The van der Waals surface area contributed by atoms with Gasteiger partial charge in [-0.05, 0) is 28.1 Å². The summed E-state index contributed by atoms with van der Waals surface area (Å²) in [5, 5.41) is 3.34. The van der Waals surface area contributed by atoms with Crippen LogP contribution in [-0.4, -0.2) is 62.7 Å². The van der Waals surface area contributed by atoms with Gasteiger partial charge in [-0.2, -0.15) is 0 Å². The number of halogens is 2. The van der Waals surface area contributed by atoms with E-state index in [1.165, 1.54) is 12.0 Å². The molecule has 1 N–H and O–H groups in total. The second-order valence-corrected chi connectivity index (χ2v) is 9.45. The topological polar surface area (TPSA) is 54.0 Å². The van der Waals surface area contributed by atoms with Crippen LogP contribution in [0.3, 0.4) is 0 Å². The van der Waals surface area contributed by atoms with E-state index in [9.17, 15) is 4.79 Å². The first-order valence-corrected chi connectivity index (χ1v) is 10.9. The number of amides is 1. The summed E-state index contributed by atoms with van der Waals surface area (Å²) in [6.07, 6.45) is 0. The molecule has 3 rings (SSSR count). The molecular formula is C19H23BrClN3O3S. The molecule has 1 fully saturated rings. The smallest absolute Gasteiger partial charge is 0.238 e. The van der Waals surface area contributed by atoms with Crippen molar-refractivity contribution in [2.75, 3.05) is 52.3 Å². The number of methoxy groups -OCH3 is 2. The molecule has 152 valence electrons. The Balaban J connectivity index is 1.51. The molecule has 0 spiro atoms. The van der Waals surface area contributed by atoms with Crippen LogP contribution in [0.15, 0.2) is 28.1 Å². The van der Waals surface area contributed by atoms with Crippen molar-refractivity contribution in [2.24, 2.45) is 0 Å². The van der Waals surface area contributed by atoms with Crippen LogP contribution < -0.4 is 14.8 Å². The SMILES string of the molecule is COc1cc(NC(=O)CN2CCN(Cc3ccc(Br)s3)CC2)c(OC)cc1Cl. The number of anilines is 1. The highest BCUT2D eigenvalue weighted by Gasteiger charge is 2.20. The van der Waals surface area contributed by atoms with Crippen molar-refractivity contribution in [3.63, 3.8) is 0 Å². The number of benzene rings is 1. The molecule has 0 saturated carbocycles. The van der Waals surface area contributed by atoms with Crippen LogP contribution in [0.1, 0.15) is 4.88 Å². The van der Waals surface area contributed by atoms with E-state index >= 15 is 0 Å². The molecule has 1 aromatic heterocycles. The fourth-order valence-corrected chi connectivity index (χ4v) is 4.87. The highest BCUT2D eigenvalue weighted by Crippen LogP contribution is 2.35. The lowest BCUT2D eigenvalue weighted by Crippen LogP contribution is -2.48. The van der Waals surface area contributed by atoms with E-state index in [4.69, 9.17) is 21.1 Å². The van der Waals surface area contributed by atoms with Crippen molar-refractivity contribution in [1.29, 1.82) is 0 Å². The van der Waals surface area contributed by atoms with Crippen LogP contribution in [0.25, 0.3) is 0 Å². The van der Waals surface area contributed by atoms with Gasteiger partial charge in [-0.1, -0.05) is 11.6 Å². The molecule has 2 heterocycles. The summed E-state index contributed by atoms with van der Waals surface area (Å²) in [6.45, 7) is 4.91. The van der Waals surface area contributed by atoms with Gasteiger partial charge in [0, 0.05) is 49.7 Å². The number of ether oxygens (including phenoxy) is 2. The molecule has 0 bridgehead atoms. The zero-order valence-corrected chi connectivity index (χ0v) is 19.0. The van der Waals surface area contributed by atoms with E-state index in [0.717, 1.165) is 36.5 Å². The van der Waals surface area contributed by atoms with Crippen LogP contribution in [0, 0.1) is 0 Å². The van der Waals surface area contributed by atoms with E-state index in [1.807, 2.05) is 0 Å². The summed E-state index contributed by atoms with van der Waals surface area (Å²) in [5.41, 5.74) is 0.552. The highest BCUT2D eigenvalue weighted by atomic mass is 79.9. The van der Waals surface area contributed by atoms with Crippen molar-refractivity contribution in [1.82, 2.24) is 9.80 Å². The molecular weight excluding hydrogens is 466 g/mol. The van der Waals surface area contributed by atoms with Crippen LogP contribution in [0.2, 0.25) is 5.02 Å². The predicted molar refractivity (Wildman–Crippen MR) is 117 cm³/mol. The summed E-state index contributed by atoms with van der Waals surface area (Å²) in [7, 11) is 3.08. The van der Waals surface area contributed by atoms with E-state index < -0.39 is 0 Å². The van der Waals surface area contributed by atoms with Gasteiger partial charge < -0.3 is 14.8 Å². The standard InChI is InChI=1S/C19H23BrClN3O3S/c1-26-16-10-15(17(27-2)9-14(16)21)22-19(25)12-24-7-5-23(6-8-24)11-13-3-4-18(20)28-13/h3-4,9-10H,5-8,11-12H2,1-2H3,(H,22,25). The molecule has 0 radical (unpaired) electrons. The second-order valence-electron chi connectivity index (χ2n) is 6.49. The Morgan fingerprint density at radius 2 is 1.82 bits per heavy atom. The Labute approximate surface area is 182 Å². The molecule has 0 aliphatic carbocycles. The lowest BCUT2D eigenvalue weighted by atomic mass is 10.2. The fraction of sp³-hybridized carbons (Fsp3) is 0.421. The number of piperazine rings is 1. The van der Waals surface area contributed by atoms with Gasteiger partial charge >= 0.3 is 0 Å². The van der Waals surface area contributed by atoms with E-state index in [0.29, 0.717) is 28.8 Å². The quantitative estimate of drug-likeness (QED) is 0.640. The minimum absolute atomic E-state index is 0.0849. The number of hydrogen-bond donors (Lipinski definition) is 1. The molecule has 0 atom stereocenters. The molecule has 28 heavy (non-hydrogen) atoms. The summed E-state index contributed by atoms with van der Waals surface area (Å²) < 4.78 is 11.7. The molecule has 0 unspecified atom stereocenters. The third-order valence-corrected chi connectivity index (χ3v) is 6.49. The Hall–Kier alpha value is -1.32. The van der Waals surface area contributed by atoms with Crippen molar-refractivity contribution >= 4 is 50.5 Å². The van der Waals surface area contributed by atoms with Crippen molar-refractivity contribution < 1.29 is 14.3 Å². The van der Waals surface area contributed by atoms with Gasteiger partial charge in [-0.25, -0.2) is 0 Å². The Kier molecular flexibility index (Phi) is 7.59. The van der Waals surface area contributed by atoms with Gasteiger partial charge in [0.2, 0.25) is 5.91 Å². The monoisotopic (exact) mass is 487 g/mol. The minimum atomic E-state index is -0.0849. The van der Waals surface area contributed by atoms with Gasteiger partial charge in [-0.15, -0.1) is 11.3 Å². The van der Waals surface area contributed by atoms with E-state index in [2.05, 4.69) is 43.2 Å². The highest BCUT2D eigenvalue weighted by molar-refractivity contribution is 9.11. The molecule has 1 aliphatic heterocycles. The summed E-state index contributed by atoms with van der Waals surface area (Å²) in [6, 6.07) is 7.55. The number of rotatable bonds is 7. The maximum absolute atomic E-state index is 12.5. The lowest BCUT2D eigenvalue weighted by molar-refractivity contribution is -0.117. The molecule has 1 saturated heterocycles. The number of nitrogens with one attached hydrogen (secondary N) is 1. The van der Waals surface area contributed by atoms with Gasteiger partial charge in [0.1, 0.15) is 11.5 Å². The first-order chi connectivity index (χ1) is 13.5. The largest absolute Gasteiger partial charge is 0.495 e. The third kappa shape index (κ3) is 5.61. The average Bonchev–Trinajstić information content (AvgIpc) is 3.09. The molecule has 1 amide bonds. The number of nitrogens with zero attached hydrogens (tertiary/aromatic N) is 2. The molecule has 6 nitrogen and oxygen atoms in total. The van der Waals surface area contributed by atoms with Gasteiger partial charge in [0.05, 0.1) is 35.3 Å². The molecule has 1 aliphatic rings. The second kappa shape index (κ2) is 9.93. The zero-order chi connectivity index (χ0) is 20.1. The summed E-state index contributed by atoms with van der Waals surface area (Å²) in [5.74, 6) is 0.913. The van der Waals surface area contributed by atoms with E-state index in [-0.39, 0.29) is 5.91 Å². The fourth-order valence-electron chi connectivity index (χ4n) is 3.11. The van der Waals surface area contributed by atoms with Crippen molar-refractivity contribution in [2.45, 2.75) is 6.54 Å². The molecule has 9 heteroatoms. The Morgan fingerprint density at radius 3 is 2.43 bits per heavy atom. The van der Waals surface area contributed by atoms with Crippen LogP contribution in [-0.2, 0) is 11.3 Å². The molecule has 2 aromatic rings. The summed E-state index contributed by atoms with van der Waals surface area (Å²) in [4.78, 5) is 18.4. The Morgan fingerprint density at radius 1 is 1.14 bits per heavy atom. The first-order valence-electron chi connectivity index (χ1n) is 8.88. The zero-order valence-electron chi connectivity index (χ0n) is 15.8. The lowest BCUT2D eigenvalue weighted by Gasteiger charge is -2.34.